The number of halogens is 3. The van der Waals surface area contributed by atoms with E-state index in [1.165, 1.54) is 17.7 Å². The van der Waals surface area contributed by atoms with Crippen LogP contribution in [0.15, 0.2) is 73.2 Å². The van der Waals surface area contributed by atoms with E-state index in [1.807, 2.05) is 23.1 Å². The van der Waals surface area contributed by atoms with Gasteiger partial charge in [-0.2, -0.15) is 18.3 Å². The summed E-state index contributed by atoms with van der Waals surface area (Å²) in [5.41, 5.74) is 1.85. The molecule has 2 saturated heterocycles. The van der Waals surface area contributed by atoms with Crippen LogP contribution in [0, 0.1) is 5.92 Å². The number of aromatic nitrogens is 4. The highest BCUT2D eigenvalue weighted by atomic mass is 19.4. The van der Waals surface area contributed by atoms with Gasteiger partial charge in [-0.05, 0) is 105 Å². The zero-order valence-electron chi connectivity index (χ0n) is 29.0. The lowest BCUT2D eigenvalue weighted by atomic mass is 9.84. The molecule has 14 heteroatoms. The molecule has 0 bridgehead atoms. The van der Waals surface area contributed by atoms with E-state index in [9.17, 15) is 27.6 Å². The summed E-state index contributed by atoms with van der Waals surface area (Å²) in [4.78, 5) is 48.9. The normalized spacial score (nSPS) is 20.5. The highest BCUT2D eigenvalue weighted by Crippen LogP contribution is 2.37. The molecular weight excluding hydrogens is 685 g/mol. The standard InChI is InChI=1S/C39H39F3N8O3/c40-39(41,42)35-3-1-2-33(45-35)37(52)44-29-7-11-32-28(19-29)23-50(47-32)30-8-4-24(5-9-30)22-48-15-12-25(13-16-48)26-6-10-31-27(18-26)20-43-21-34(31)49-17-14-36(51)46-38(49)53/h1-3,6-7,10-11,18-21,23-25,30H,4-5,8-9,12-17,22H2,(H,44,52)(H,46,51,53). The van der Waals surface area contributed by atoms with E-state index >= 15 is 0 Å². The second-order valence-corrected chi connectivity index (χ2v) is 14.4. The van der Waals surface area contributed by atoms with Gasteiger partial charge in [-0.25, -0.2) is 9.78 Å². The number of urea groups is 1. The SMILES string of the molecule is O=C1CCN(c2cncc3cc(C4CCN(CC5CCC(n6cc7cc(NC(=O)c8cccc(C(F)(F)F)n8)ccc7n6)CC5)CC4)ccc23)C(=O)N1. The number of amides is 4. The molecule has 274 valence electrons. The summed E-state index contributed by atoms with van der Waals surface area (Å²) in [7, 11) is 0. The van der Waals surface area contributed by atoms with Crippen molar-refractivity contribution in [3.05, 3.63) is 90.1 Å². The third-order valence-corrected chi connectivity index (χ3v) is 10.9. The molecule has 8 rings (SSSR count). The first-order chi connectivity index (χ1) is 25.6. The van der Waals surface area contributed by atoms with Crippen molar-refractivity contribution in [1.29, 1.82) is 0 Å². The Morgan fingerprint density at radius 2 is 1.72 bits per heavy atom. The van der Waals surface area contributed by atoms with Gasteiger partial charge < -0.3 is 10.2 Å². The van der Waals surface area contributed by atoms with Crippen LogP contribution >= 0.6 is 0 Å². The quantitative estimate of drug-likeness (QED) is 0.180. The molecule has 2 N–H and O–H groups in total. The van der Waals surface area contributed by atoms with Gasteiger partial charge in [-0.15, -0.1) is 0 Å². The van der Waals surface area contributed by atoms with Crippen LogP contribution in [-0.4, -0.2) is 68.7 Å². The Balaban J connectivity index is 0.827. The van der Waals surface area contributed by atoms with E-state index in [-0.39, 0.29) is 24.1 Å². The first-order valence-corrected chi connectivity index (χ1v) is 18.1. The van der Waals surface area contributed by atoms with Crippen molar-refractivity contribution in [2.75, 3.05) is 36.4 Å². The second kappa shape index (κ2) is 14.2. The molecule has 5 heterocycles. The van der Waals surface area contributed by atoms with Crippen LogP contribution in [-0.2, 0) is 11.0 Å². The Kier molecular flexibility index (Phi) is 9.31. The minimum atomic E-state index is -4.63. The Labute approximate surface area is 303 Å². The minimum Gasteiger partial charge on any atom is -0.321 e. The Hall–Kier alpha value is -5.37. The lowest BCUT2D eigenvalue weighted by Crippen LogP contribution is -2.49. The fourth-order valence-electron chi connectivity index (χ4n) is 8.07. The maximum Gasteiger partial charge on any atom is 0.433 e. The molecule has 4 amide bonds. The monoisotopic (exact) mass is 724 g/mol. The first-order valence-electron chi connectivity index (χ1n) is 18.1. The van der Waals surface area contributed by atoms with E-state index in [0.29, 0.717) is 24.1 Å². The Morgan fingerprint density at radius 3 is 2.49 bits per heavy atom. The maximum atomic E-state index is 13.1. The van der Waals surface area contributed by atoms with Gasteiger partial charge in [0.15, 0.2) is 0 Å². The number of benzene rings is 2. The van der Waals surface area contributed by atoms with Crippen molar-refractivity contribution < 1.29 is 27.6 Å². The van der Waals surface area contributed by atoms with Gasteiger partial charge in [0.25, 0.3) is 5.91 Å². The van der Waals surface area contributed by atoms with Crippen LogP contribution in [0.3, 0.4) is 0 Å². The van der Waals surface area contributed by atoms with Crippen molar-refractivity contribution in [3.8, 4) is 0 Å². The molecule has 11 nitrogen and oxygen atoms in total. The zero-order valence-corrected chi connectivity index (χ0v) is 29.0. The van der Waals surface area contributed by atoms with Gasteiger partial charge >= 0.3 is 12.2 Å². The number of fused-ring (bicyclic) bond motifs is 2. The zero-order chi connectivity index (χ0) is 36.7. The number of carbonyl (C=O) groups excluding carboxylic acids is 3. The molecule has 2 aliphatic heterocycles. The van der Waals surface area contributed by atoms with Gasteiger partial charge in [0.2, 0.25) is 5.91 Å². The number of pyridine rings is 2. The molecule has 0 unspecified atom stereocenters. The van der Waals surface area contributed by atoms with Crippen LogP contribution in [0.2, 0.25) is 0 Å². The average molecular weight is 725 g/mol. The number of carbonyl (C=O) groups is 3. The first kappa shape index (κ1) is 34.7. The molecule has 0 atom stereocenters. The van der Waals surface area contributed by atoms with E-state index in [2.05, 4.69) is 43.7 Å². The molecule has 3 aliphatic rings. The predicted octanol–water partition coefficient (Wildman–Crippen LogP) is 7.31. The van der Waals surface area contributed by atoms with Gasteiger partial charge in [0.05, 0.1) is 23.4 Å². The molecule has 5 aromatic rings. The average Bonchev–Trinajstić information content (AvgIpc) is 3.58. The van der Waals surface area contributed by atoms with Crippen LogP contribution in [0.4, 0.5) is 29.3 Å². The number of rotatable bonds is 7. The van der Waals surface area contributed by atoms with Gasteiger partial charge in [-0.1, -0.05) is 18.2 Å². The summed E-state index contributed by atoms with van der Waals surface area (Å²) < 4.78 is 41.2. The van der Waals surface area contributed by atoms with Crippen molar-refractivity contribution in [3.63, 3.8) is 0 Å². The molecular formula is C39H39F3N8O3. The second-order valence-electron chi connectivity index (χ2n) is 14.4. The molecule has 3 fully saturated rings. The number of hydrogen-bond acceptors (Lipinski definition) is 7. The fraction of sp³-hybridized carbons (Fsp3) is 0.385. The van der Waals surface area contributed by atoms with Gasteiger partial charge in [-0.3, -0.25) is 29.5 Å². The maximum absolute atomic E-state index is 13.1. The van der Waals surface area contributed by atoms with E-state index < -0.39 is 23.8 Å². The summed E-state index contributed by atoms with van der Waals surface area (Å²) in [5, 5.41) is 12.7. The number of imide groups is 1. The third kappa shape index (κ3) is 7.45. The van der Waals surface area contributed by atoms with Crippen molar-refractivity contribution in [2.45, 2.75) is 63.1 Å². The number of nitrogens with zero attached hydrogens (tertiary/aromatic N) is 6. The smallest absolute Gasteiger partial charge is 0.321 e. The Bertz CT molecular complexity index is 2190. The largest absolute Gasteiger partial charge is 0.433 e. The molecule has 0 spiro atoms. The van der Waals surface area contributed by atoms with E-state index in [4.69, 9.17) is 5.10 Å². The summed E-state index contributed by atoms with van der Waals surface area (Å²) >= 11 is 0. The van der Waals surface area contributed by atoms with Gasteiger partial charge in [0, 0.05) is 53.8 Å². The van der Waals surface area contributed by atoms with Gasteiger partial charge in [0.1, 0.15) is 11.4 Å². The lowest BCUT2D eigenvalue weighted by Gasteiger charge is -2.37. The predicted molar refractivity (Wildman–Crippen MR) is 194 cm³/mol. The molecule has 1 saturated carbocycles. The Morgan fingerprint density at radius 1 is 0.906 bits per heavy atom. The van der Waals surface area contributed by atoms with Crippen LogP contribution in [0.25, 0.3) is 21.7 Å². The highest BCUT2D eigenvalue weighted by molar-refractivity contribution is 6.09. The van der Waals surface area contributed by atoms with E-state index in [1.54, 1.807) is 23.2 Å². The number of likely N-dealkylation sites (tertiary alicyclic amines) is 1. The lowest BCUT2D eigenvalue weighted by molar-refractivity contribution is -0.141. The van der Waals surface area contributed by atoms with Crippen LogP contribution in [0.1, 0.15) is 78.7 Å². The molecule has 3 aromatic heterocycles. The number of alkyl halides is 3. The number of hydrogen-bond donors (Lipinski definition) is 2. The summed E-state index contributed by atoms with van der Waals surface area (Å²) in [6.07, 6.45) is 7.63. The number of nitrogens with one attached hydrogen (secondary N) is 2. The molecule has 1 aliphatic carbocycles. The van der Waals surface area contributed by atoms with Crippen LogP contribution in [0.5, 0.6) is 0 Å². The molecule has 53 heavy (non-hydrogen) atoms. The van der Waals surface area contributed by atoms with E-state index in [0.717, 1.165) is 91.6 Å². The summed E-state index contributed by atoms with van der Waals surface area (Å²) in [6.45, 7) is 3.54. The van der Waals surface area contributed by atoms with Crippen molar-refractivity contribution in [1.82, 2.24) is 30.0 Å². The van der Waals surface area contributed by atoms with Crippen molar-refractivity contribution in [2.24, 2.45) is 5.92 Å². The van der Waals surface area contributed by atoms with Crippen LogP contribution < -0.4 is 15.5 Å². The third-order valence-electron chi connectivity index (χ3n) is 10.9. The molecule has 2 aromatic carbocycles. The highest BCUT2D eigenvalue weighted by Gasteiger charge is 2.33. The topological polar surface area (TPSA) is 125 Å². The summed E-state index contributed by atoms with van der Waals surface area (Å²) in [6, 6.07) is 14.9. The number of piperidine rings is 1. The minimum absolute atomic E-state index is 0.256. The molecule has 0 radical (unpaired) electrons. The fourth-order valence-corrected chi connectivity index (χ4v) is 8.07. The number of anilines is 2. The summed E-state index contributed by atoms with van der Waals surface area (Å²) in [5.74, 6) is 0.128. The van der Waals surface area contributed by atoms with Crippen molar-refractivity contribution >= 4 is 50.9 Å².